The van der Waals surface area contributed by atoms with Crippen LogP contribution in [0.15, 0.2) is 90.1 Å². The van der Waals surface area contributed by atoms with Crippen LogP contribution in [0.25, 0.3) is 17.1 Å². The Bertz CT molecular complexity index is 1240. The fourth-order valence-corrected chi connectivity index (χ4v) is 5.01. The first-order chi connectivity index (χ1) is 16.7. The van der Waals surface area contributed by atoms with E-state index >= 15 is 0 Å². The molecule has 1 amide bonds. The number of halogens is 1. The van der Waals surface area contributed by atoms with Gasteiger partial charge in [-0.05, 0) is 36.4 Å². The molecule has 3 aromatic carbocycles. The summed E-state index contributed by atoms with van der Waals surface area (Å²) < 4.78 is 2.02. The monoisotopic (exact) mass is 489 g/mol. The number of hydrogen-bond donors (Lipinski definition) is 0. The van der Waals surface area contributed by atoms with Gasteiger partial charge in [-0.15, -0.1) is 10.2 Å². The summed E-state index contributed by atoms with van der Waals surface area (Å²) >= 11 is 7.43. The minimum absolute atomic E-state index is 0.115. The highest BCUT2D eigenvalue weighted by atomic mass is 35.5. The van der Waals surface area contributed by atoms with Gasteiger partial charge in [0.1, 0.15) is 0 Å². The number of hydrogen-bond acceptors (Lipinski definition) is 5. The Morgan fingerprint density at radius 1 is 0.794 bits per heavy atom. The number of benzene rings is 3. The van der Waals surface area contributed by atoms with Crippen LogP contribution in [0.4, 0.5) is 5.69 Å². The number of thioether (sulfide) groups is 1. The molecule has 5 rings (SSSR count). The summed E-state index contributed by atoms with van der Waals surface area (Å²) in [6, 6.07) is 27.8. The van der Waals surface area contributed by atoms with E-state index in [1.54, 1.807) is 0 Å². The Labute approximate surface area is 208 Å². The van der Waals surface area contributed by atoms with E-state index in [4.69, 9.17) is 11.6 Å². The Kier molecular flexibility index (Phi) is 6.83. The van der Waals surface area contributed by atoms with Crippen LogP contribution in [0.1, 0.15) is 0 Å². The largest absolute Gasteiger partial charge is 0.368 e. The molecule has 0 bridgehead atoms. The van der Waals surface area contributed by atoms with E-state index in [1.165, 1.54) is 11.8 Å². The molecule has 1 aliphatic heterocycles. The Balaban J connectivity index is 1.27. The Hall–Kier alpha value is -3.29. The smallest absolute Gasteiger partial charge is 0.233 e. The third kappa shape index (κ3) is 4.95. The first-order valence-electron chi connectivity index (χ1n) is 11.2. The van der Waals surface area contributed by atoms with Gasteiger partial charge < -0.3 is 9.80 Å². The van der Waals surface area contributed by atoms with E-state index in [9.17, 15) is 4.79 Å². The van der Waals surface area contributed by atoms with Crippen LogP contribution in [-0.4, -0.2) is 57.5 Å². The minimum Gasteiger partial charge on any atom is -0.368 e. The quantitative estimate of drug-likeness (QED) is 0.356. The summed E-state index contributed by atoms with van der Waals surface area (Å²) in [5.74, 6) is 1.20. The summed E-state index contributed by atoms with van der Waals surface area (Å²) in [6.45, 7) is 3.00. The number of para-hydroxylation sites is 1. The standard InChI is InChI=1S/C26H24ClN5OS/c27-21-11-13-22(14-12-21)30-15-17-31(18-16-30)24(33)19-34-26-29-28-25(20-7-3-1-4-8-20)32(26)23-9-5-2-6-10-23/h1-14H,15-19H2. The van der Waals surface area contributed by atoms with Crippen molar-refractivity contribution < 1.29 is 4.79 Å². The SMILES string of the molecule is O=C(CSc1nnc(-c2ccccc2)n1-c1ccccc1)N1CCN(c2ccc(Cl)cc2)CC1. The van der Waals surface area contributed by atoms with Crippen LogP contribution in [0.5, 0.6) is 0 Å². The molecule has 4 aromatic rings. The molecule has 1 saturated heterocycles. The van der Waals surface area contributed by atoms with Gasteiger partial charge >= 0.3 is 0 Å². The summed E-state index contributed by atoms with van der Waals surface area (Å²) in [5, 5.41) is 10.3. The van der Waals surface area contributed by atoms with Gasteiger partial charge in [0, 0.05) is 48.1 Å². The van der Waals surface area contributed by atoms with Crippen molar-refractivity contribution in [3.05, 3.63) is 90.0 Å². The molecule has 0 spiro atoms. The number of anilines is 1. The van der Waals surface area contributed by atoms with E-state index < -0.39 is 0 Å². The molecule has 2 heterocycles. The number of aromatic nitrogens is 3. The van der Waals surface area contributed by atoms with Crippen LogP contribution in [0, 0.1) is 0 Å². The predicted octanol–water partition coefficient (Wildman–Crippen LogP) is 5.03. The predicted molar refractivity (Wildman–Crippen MR) is 138 cm³/mol. The third-order valence-corrected chi connectivity index (χ3v) is 6.99. The van der Waals surface area contributed by atoms with Crippen molar-refractivity contribution in [1.29, 1.82) is 0 Å². The lowest BCUT2D eigenvalue weighted by atomic mass is 10.2. The highest BCUT2D eigenvalue weighted by Gasteiger charge is 2.23. The Morgan fingerprint density at radius 2 is 1.44 bits per heavy atom. The average molecular weight is 490 g/mol. The van der Waals surface area contributed by atoms with Gasteiger partial charge in [-0.1, -0.05) is 71.9 Å². The van der Waals surface area contributed by atoms with Crippen molar-refractivity contribution in [2.24, 2.45) is 0 Å². The van der Waals surface area contributed by atoms with E-state index in [1.807, 2.05) is 94.4 Å². The van der Waals surface area contributed by atoms with Crippen LogP contribution >= 0.6 is 23.4 Å². The van der Waals surface area contributed by atoms with Crippen molar-refractivity contribution in [3.63, 3.8) is 0 Å². The highest BCUT2D eigenvalue weighted by Crippen LogP contribution is 2.28. The van der Waals surface area contributed by atoms with Crippen molar-refractivity contribution in [2.75, 3.05) is 36.8 Å². The van der Waals surface area contributed by atoms with E-state index in [-0.39, 0.29) is 5.91 Å². The molecule has 0 radical (unpaired) electrons. The highest BCUT2D eigenvalue weighted by molar-refractivity contribution is 7.99. The molecule has 0 aliphatic carbocycles. The first-order valence-corrected chi connectivity index (χ1v) is 12.5. The maximum Gasteiger partial charge on any atom is 0.233 e. The van der Waals surface area contributed by atoms with Gasteiger partial charge in [0.15, 0.2) is 11.0 Å². The van der Waals surface area contributed by atoms with Crippen LogP contribution < -0.4 is 4.90 Å². The first kappa shape index (κ1) is 22.5. The topological polar surface area (TPSA) is 54.3 Å². The van der Waals surface area contributed by atoms with Gasteiger partial charge in [-0.3, -0.25) is 9.36 Å². The normalized spacial score (nSPS) is 13.8. The Morgan fingerprint density at radius 3 is 2.12 bits per heavy atom. The van der Waals surface area contributed by atoms with Crippen molar-refractivity contribution in [2.45, 2.75) is 5.16 Å². The summed E-state index contributed by atoms with van der Waals surface area (Å²) in [6.07, 6.45) is 0. The summed E-state index contributed by atoms with van der Waals surface area (Å²) in [4.78, 5) is 17.2. The average Bonchev–Trinajstić information content (AvgIpc) is 3.33. The second kappa shape index (κ2) is 10.3. The van der Waals surface area contributed by atoms with Gasteiger partial charge in [0.25, 0.3) is 0 Å². The van der Waals surface area contributed by atoms with Gasteiger partial charge in [0.2, 0.25) is 5.91 Å². The molecule has 34 heavy (non-hydrogen) atoms. The molecular formula is C26H24ClN5OS. The lowest BCUT2D eigenvalue weighted by Gasteiger charge is -2.36. The molecule has 0 N–H and O–H groups in total. The molecular weight excluding hydrogens is 466 g/mol. The maximum atomic E-state index is 13.0. The fourth-order valence-electron chi connectivity index (χ4n) is 4.03. The number of piperazine rings is 1. The molecule has 8 heteroatoms. The van der Waals surface area contributed by atoms with E-state index in [0.717, 1.165) is 40.9 Å². The number of rotatable bonds is 6. The van der Waals surface area contributed by atoms with Crippen molar-refractivity contribution in [1.82, 2.24) is 19.7 Å². The zero-order chi connectivity index (χ0) is 23.3. The van der Waals surface area contributed by atoms with Crippen LogP contribution in [0.3, 0.4) is 0 Å². The zero-order valence-corrected chi connectivity index (χ0v) is 20.1. The number of carbonyl (C=O) groups is 1. The van der Waals surface area contributed by atoms with Crippen LogP contribution in [-0.2, 0) is 4.79 Å². The number of nitrogens with zero attached hydrogens (tertiary/aromatic N) is 5. The second-order valence-corrected chi connectivity index (χ2v) is 9.36. The molecule has 0 saturated carbocycles. The van der Waals surface area contributed by atoms with Gasteiger partial charge in [-0.2, -0.15) is 0 Å². The molecule has 0 unspecified atom stereocenters. The lowest BCUT2D eigenvalue weighted by Crippen LogP contribution is -2.49. The third-order valence-electron chi connectivity index (χ3n) is 5.83. The molecule has 1 aromatic heterocycles. The van der Waals surface area contributed by atoms with E-state index in [2.05, 4.69) is 15.1 Å². The van der Waals surface area contributed by atoms with Crippen LogP contribution in [0.2, 0.25) is 5.02 Å². The van der Waals surface area contributed by atoms with E-state index in [0.29, 0.717) is 24.0 Å². The lowest BCUT2D eigenvalue weighted by molar-refractivity contribution is -0.128. The van der Waals surface area contributed by atoms with Gasteiger partial charge in [0.05, 0.1) is 5.75 Å². The number of carbonyl (C=O) groups excluding carboxylic acids is 1. The molecule has 0 atom stereocenters. The fraction of sp³-hybridized carbons (Fsp3) is 0.192. The zero-order valence-electron chi connectivity index (χ0n) is 18.5. The molecule has 6 nitrogen and oxygen atoms in total. The summed E-state index contributed by atoms with van der Waals surface area (Å²) in [7, 11) is 0. The minimum atomic E-state index is 0.115. The van der Waals surface area contributed by atoms with Gasteiger partial charge in [-0.25, -0.2) is 0 Å². The van der Waals surface area contributed by atoms with Crippen molar-refractivity contribution >= 4 is 35.0 Å². The molecule has 1 fully saturated rings. The molecule has 172 valence electrons. The number of amides is 1. The second-order valence-electron chi connectivity index (χ2n) is 7.98. The maximum absolute atomic E-state index is 13.0. The summed E-state index contributed by atoms with van der Waals surface area (Å²) in [5.41, 5.74) is 3.09. The van der Waals surface area contributed by atoms with Crippen molar-refractivity contribution in [3.8, 4) is 17.1 Å². The molecule has 1 aliphatic rings.